The van der Waals surface area contributed by atoms with Crippen molar-refractivity contribution in [1.82, 2.24) is 0 Å². The number of nitro benzene ring substituents is 1. The Bertz CT molecular complexity index is 1640. The number of halogens is 2. The standard InChI is InChI=1S/C27H15BrClN3O5/c28-22-13-16(12-18(15-30)26(33)31-24-10-9-19(32(35)36)14-23(24)29)8-11-25(22)37-27(34)21-7-3-5-17-4-1-2-6-20(17)21/h1-14H,(H,31,33). The SMILES string of the molecule is N#CC(=Cc1ccc(OC(=O)c2cccc3ccccc23)c(Br)c1)C(=O)Nc1ccc([N+](=O)[O-])cc1Cl. The van der Waals surface area contributed by atoms with Gasteiger partial charge in [0.15, 0.2) is 0 Å². The molecule has 0 aliphatic carbocycles. The first-order chi connectivity index (χ1) is 17.8. The van der Waals surface area contributed by atoms with Crippen LogP contribution in [-0.2, 0) is 4.79 Å². The number of esters is 1. The zero-order valence-electron chi connectivity index (χ0n) is 18.8. The number of anilines is 1. The molecule has 182 valence electrons. The summed E-state index contributed by atoms with van der Waals surface area (Å²) >= 11 is 9.38. The number of amides is 1. The molecule has 0 spiro atoms. The van der Waals surface area contributed by atoms with Gasteiger partial charge in [0.05, 0.1) is 25.7 Å². The highest BCUT2D eigenvalue weighted by atomic mass is 79.9. The summed E-state index contributed by atoms with van der Waals surface area (Å²) in [6, 6.07) is 22.9. The molecular formula is C27H15BrClN3O5. The molecule has 0 radical (unpaired) electrons. The first kappa shape index (κ1) is 25.6. The van der Waals surface area contributed by atoms with Crippen LogP contribution in [0.25, 0.3) is 16.8 Å². The minimum atomic E-state index is -0.749. The Morgan fingerprint density at radius 2 is 1.81 bits per heavy atom. The maximum absolute atomic E-state index is 12.8. The summed E-state index contributed by atoms with van der Waals surface area (Å²) in [5, 5.41) is 24.5. The fourth-order valence-electron chi connectivity index (χ4n) is 3.47. The van der Waals surface area contributed by atoms with E-state index >= 15 is 0 Å². The second-order valence-electron chi connectivity index (χ2n) is 7.65. The van der Waals surface area contributed by atoms with Gasteiger partial charge in [0.2, 0.25) is 0 Å². The van der Waals surface area contributed by atoms with Crippen molar-refractivity contribution in [3.63, 3.8) is 0 Å². The fraction of sp³-hybridized carbons (Fsp3) is 0. The molecule has 0 aromatic heterocycles. The highest BCUT2D eigenvalue weighted by molar-refractivity contribution is 9.10. The Morgan fingerprint density at radius 1 is 1.05 bits per heavy atom. The lowest BCUT2D eigenvalue weighted by atomic mass is 10.0. The molecule has 0 fully saturated rings. The number of nitriles is 1. The molecule has 8 nitrogen and oxygen atoms in total. The molecule has 0 saturated heterocycles. The average Bonchev–Trinajstić information content (AvgIpc) is 2.89. The fourth-order valence-corrected chi connectivity index (χ4v) is 4.17. The molecule has 0 saturated carbocycles. The number of non-ortho nitro benzene ring substituents is 1. The third-order valence-corrected chi connectivity index (χ3v) is 6.19. The lowest BCUT2D eigenvalue weighted by molar-refractivity contribution is -0.384. The lowest BCUT2D eigenvalue weighted by Crippen LogP contribution is -2.13. The minimum absolute atomic E-state index is 0.0417. The van der Waals surface area contributed by atoms with Gasteiger partial charge in [0.25, 0.3) is 11.6 Å². The molecule has 10 heteroatoms. The van der Waals surface area contributed by atoms with Gasteiger partial charge >= 0.3 is 5.97 Å². The van der Waals surface area contributed by atoms with Crippen molar-refractivity contribution < 1.29 is 19.2 Å². The van der Waals surface area contributed by atoms with Crippen LogP contribution < -0.4 is 10.1 Å². The molecular weight excluding hydrogens is 562 g/mol. The van der Waals surface area contributed by atoms with Gasteiger partial charge in [-0.15, -0.1) is 0 Å². The smallest absolute Gasteiger partial charge is 0.344 e. The van der Waals surface area contributed by atoms with Crippen LogP contribution >= 0.6 is 27.5 Å². The Kier molecular flexibility index (Phi) is 7.63. The predicted octanol–water partition coefficient (Wildman–Crippen LogP) is 6.93. The van der Waals surface area contributed by atoms with E-state index in [9.17, 15) is 25.0 Å². The van der Waals surface area contributed by atoms with Gasteiger partial charge in [-0.1, -0.05) is 54.1 Å². The molecule has 4 aromatic carbocycles. The van der Waals surface area contributed by atoms with Crippen molar-refractivity contribution in [1.29, 1.82) is 5.26 Å². The number of benzene rings is 4. The van der Waals surface area contributed by atoms with Crippen LogP contribution in [0.5, 0.6) is 5.75 Å². The number of ether oxygens (including phenoxy) is 1. The Hall–Kier alpha value is -4.52. The second-order valence-corrected chi connectivity index (χ2v) is 8.91. The van der Waals surface area contributed by atoms with Gasteiger partial charge in [-0.25, -0.2) is 4.79 Å². The van der Waals surface area contributed by atoms with Crippen LogP contribution in [0.2, 0.25) is 5.02 Å². The third-order valence-electron chi connectivity index (χ3n) is 5.26. The molecule has 0 aliphatic heterocycles. The van der Waals surface area contributed by atoms with E-state index in [2.05, 4.69) is 21.2 Å². The van der Waals surface area contributed by atoms with E-state index in [1.807, 2.05) is 36.4 Å². The van der Waals surface area contributed by atoms with Crippen LogP contribution in [-0.4, -0.2) is 16.8 Å². The van der Waals surface area contributed by atoms with Gasteiger partial charge in [0.1, 0.15) is 17.4 Å². The zero-order valence-corrected chi connectivity index (χ0v) is 21.1. The maximum Gasteiger partial charge on any atom is 0.344 e. The number of fused-ring (bicyclic) bond motifs is 1. The number of carbonyl (C=O) groups is 2. The summed E-state index contributed by atoms with van der Waals surface area (Å²) in [5.41, 5.74) is 0.558. The van der Waals surface area contributed by atoms with Crippen LogP contribution in [0.15, 0.2) is 88.9 Å². The van der Waals surface area contributed by atoms with E-state index in [-0.39, 0.29) is 27.7 Å². The van der Waals surface area contributed by atoms with Crippen LogP contribution in [0.3, 0.4) is 0 Å². The number of nitro groups is 1. The van der Waals surface area contributed by atoms with Crippen molar-refractivity contribution in [2.75, 3.05) is 5.32 Å². The molecule has 0 bridgehead atoms. The summed E-state index contributed by atoms with van der Waals surface area (Å²) in [6.07, 6.45) is 1.34. The van der Waals surface area contributed by atoms with E-state index in [0.29, 0.717) is 15.6 Å². The van der Waals surface area contributed by atoms with E-state index in [1.165, 1.54) is 18.2 Å². The highest BCUT2D eigenvalue weighted by Gasteiger charge is 2.16. The van der Waals surface area contributed by atoms with E-state index in [0.717, 1.165) is 16.8 Å². The number of nitrogens with zero attached hydrogens (tertiary/aromatic N) is 2. The molecule has 37 heavy (non-hydrogen) atoms. The largest absolute Gasteiger partial charge is 0.422 e. The highest BCUT2D eigenvalue weighted by Crippen LogP contribution is 2.30. The Morgan fingerprint density at radius 3 is 2.51 bits per heavy atom. The molecule has 4 aromatic rings. The molecule has 0 unspecified atom stereocenters. The molecule has 0 aliphatic rings. The number of nitrogens with one attached hydrogen (secondary N) is 1. The van der Waals surface area contributed by atoms with Gasteiger partial charge in [-0.05, 0) is 62.6 Å². The lowest BCUT2D eigenvalue weighted by Gasteiger charge is -2.10. The quantitative estimate of drug-likeness (QED) is 0.0663. The average molecular weight is 577 g/mol. The van der Waals surface area contributed by atoms with Gasteiger partial charge in [-0.3, -0.25) is 14.9 Å². The topological polar surface area (TPSA) is 122 Å². The predicted molar refractivity (Wildman–Crippen MR) is 143 cm³/mol. The zero-order chi connectivity index (χ0) is 26.5. The Labute approximate surface area is 224 Å². The van der Waals surface area contributed by atoms with E-state index < -0.39 is 16.8 Å². The summed E-state index contributed by atoms with van der Waals surface area (Å²) in [5.74, 6) is -1.02. The van der Waals surface area contributed by atoms with Crippen molar-refractivity contribution in [2.24, 2.45) is 0 Å². The van der Waals surface area contributed by atoms with Crippen molar-refractivity contribution in [3.8, 4) is 11.8 Å². The molecule has 4 rings (SSSR count). The number of hydrogen-bond acceptors (Lipinski definition) is 6. The minimum Gasteiger partial charge on any atom is -0.422 e. The summed E-state index contributed by atoms with van der Waals surface area (Å²) in [7, 11) is 0. The van der Waals surface area contributed by atoms with Gasteiger partial charge in [0, 0.05) is 12.1 Å². The summed E-state index contributed by atoms with van der Waals surface area (Å²) in [6.45, 7) is 0. The molecule has 0 heterocycles. The van der Waals surface area contributed by atoms with Crippen LogP contribution in [0, 0.1) is 21.4 Å². The number of carbonyl (C=O) groups excluding carboxylic acids is 2. The van der Waals surface area contributed by atoms with Crippen LogP contribution in [0.1, 0.15) is 15.9 Å². The molecule has 1 amide bonds. The maximum atomic E-state index is 12.8. The number of rotatable bonds is 6. The first-order valence-electron chi connectivity index (χ1n) is 10.6. The van der Waals surface area contributed by atoms with Crippen molar-refractivity contribution in [3.05, 3.63) is 115 Å². The van der Waals surface area contributed by atoms with Crippen molar-refractivity contribution in [2.45, 2.75) is 0 Å². The van der Waals surface area contributed by atoms with Gasteiger partial charge < -0.3 is 10.1 Å². The monoisotopic (exact) mass is 575 g/mol. The van der Waals surface area contributed by atoms with Crippen molar-refractivity contribution >= 4 is 67.6 Å². The van der Waals surface area contributed by atoms with E-state index in [4.69, 9.17) is 16.3 Å². The Balaban J connectivity index is 1.52. The second kappa shape index (κ2) is 11.0. The van der Waals surface area contributed by atoms with Crippen LogP contribution in [0.4, 0.5) is 11.4 Å². The normalized spacial score (nSPS) is 11.0. The van der Waals surface area contributed by atoms with E-state index in [1.54, 1.807) is 30.3 Å². The summed E-state index contributed by atoms with van der Waals surface area (Å²) in [4.78, 5) is 35.7. The number of hydrogen-bond donors (Lipinski definition) is 1. The summed E-state index contributed by atoms with van der Waals surface area (Å²) < 4.78 is 6.01. The third kappa shape index (κ3) is 5.83. The molecule has 1 N–H and O–H groups in total. The van der Waals surface area contributed by atoms with Gasteiger partial charge in [-0.2, -0.15) is 5.26 Å². The first-order valence-corrected chi connectivity index (χ1v) is 11.8. The molecule has 0 atom stereocenters.